The van der Waals surface area contributed by atoms with Crippen LogP contribution in [0.3, 0.4) is 0 Å². The summed E-state index contributed by atoms with van der Waals surface area (Å²) < 4.78 is 5.13. The molecular formula is C15H18N2O2. The highest BCUT2D eigenvalue weighted by molar-refractivity contribution is 5.49. The second kappa shape index (κ2) is 5.61. The van der Waals surface area contributed by atoms with Gasteiger partial charge in [-0.05, 0) is 43.3 Å². The van der Waals surface area contributed by atoms with Crippen molar-refractivity contribution in [1.29, 1.82) is 0 Å². The molecule has 0 aliphatic heterocycles. The third kappa shape index (κ3) is 3.16. The van der Waals surface area contributed by atoms with Crippen molar-refractivity contribution >= 4 is 5.69 Å². The Morgan fingerprint density at radius 3 is 2.47 bits per heavy atom. The number of rotatable bonds is 4. The molecule has 0 saturated heterocycles. The van der Waals surface area contributed by atoms with E-state index in [-0.39, 0.29) is 5.75 Å². The van der Waals surface area contributed by atoms with E-state index in [0.29, 0.717) is 12.2 Å². The first-order chi connectivity index (χ1) is 9.10. The van der Waals surface area contributed by atoms with Gasteiger partial charge in [0.15, 0.2) is 0 Å². The molecule has 0 amide bonds. The summed E-state index contributed by atoms with van der Waals surface area (Å²) in [5.74, 6) is 1.06. The number of methoxy groups -OCH3 is 1. The summed E-state index contributed by atoms with van der Waals surface area (Å²) in [7, 11) is 3.61. The fourth-order valence-corrected chi connectivity index (χ4v) is 1.87. The average molecular weight is 258 g/mol. The number of nitrogens with zero attached hydrogens (tertiary/aromatic N) is 2. The van der Waals surface area contributed by atoms with Crippen molar-refractivity contribution < 1.29 is 9.84 Å². The molecule has 0 bridgehead atoms. The van der Waals surface area contributed by atoms with Crippen molar-refractivity contribution in [2.75, 3.05) is 19.1 Å². The second-order valence-electron chi connectivity index (χ2n) is 4.47. The van der Waals surface area contributed by atoms with E-state index in [4.69, 9.17) is 4.74 Å². The van der Waals surface area contributed by atoms with Gasteiger partial charge in [-0.1, -0.05) is 0 Å². The summed E-state index contributed by atoms with van der Waals surface area (Å²) >= 11 is 0. The van der Waals surface area contributed by atoms with Crippen molar-refractivity contribution in [3.8, 4) is 11.5 Å². The highest BCUT2D eigenvalue weighted by atomic mass is 16.5. The van der Waals surface area contributed by atoms with Crippen molar-refractivity contribution in [3.63, 3.8) is 0 Å². The highest BCUT2D eigenvalue weighted by Gasteiger charge is 2.08. The van der Waals surface area contributed by atoms with Crippen molar-refractivity contribution in [2.45, 2.75) is 13.5 Å². The molecule has 2 rings (SSSR count). The molecule has 0 atom stereocenters. The van der Waals surface area contributed by atoms with Gasteiger partial charge in [-0.3, -0.25) is 4.98 Å². The topological polar surface area (TPSA) is 45.6 Å². The zero-order valence-corrected chi connectivity index (χ0v) is 11.4. The van der Waals surface area contributed by atoms with Crippen molar-refractivity contribution in [2.24, 2.45) is 0 Å². The Morgan fingerprint density at radius 1 is 1.16 bits per heavy atom. The lowest BCUT2D eigenvalue weighted by Gasteiger charge is -2.19. The summed E-state index contributed by atoms with van der Waals surface area (Å²) in [4.78, 5) is 6.38. The molecule has 100 valence electrons. The number of aryl methyl sites for hydroxylation is 1. The molecular weight excluding hydrogens is 240 g/mol. The van der Waals surface area contributed by atoms with E-state index in [2.05, 4.69) is 4.98 Å². The first-order valence-corrected chi connectivity index (χ1v) is 6.11. The molecule has 4 nitrogen and oxygen atoms in total. The number of hydrogen-bond acceptors (Lipinski definition) is 4. The maximum atomic E-state index is 9.80. The Kier molecular flexibility index (Phi) is 3.90. The molecule has 0 unspecified atom stereocenters. The maximum Gasteiger partial charge on any atom is 0.138 e. The number of pyridine rings is 1. The number of anilines is 1. The molecule has 19 heavy (non-hydrogen) atoms. The Balaban J connectivity index is 2.15. The minimum Gasteiger partial charge on any atom is -0.506 e. The van der Waals surface area contributed by atoms with Gasteiger partial charge >= 0.3 is 0 Å². The molecule has 0 spiro atoms. The zero-order valence-electron chi connectivity index (χ0n) is 11.4. The molecule has 1 aromatic carbocycles. The summed E-state index contributed by atoms with van der Waals surface area (Å²) in [5, 5.41) is 9.80. The lowest BCUT2D eigenvalue weighted by molar-refractivity contribution is 0.415. The Bertz CT molecular complexity index is 553. The lowest BCUT2D eigenvalue weighted by Crippen LogP contribution is -2.17. The lowest BCUT2D eigenvalue weighted by atomic mass is 10.2. The van der Waals surface area contributed by atoms with Gasteiger partial charge in [-0.15, -0.1) is 0 Å². The van der Waals surface area contributed by atoms with Gasteiger partial charge in [0.1, 0.15) is 17.2 Å². The number of ether oxygens (including phenoxy) is 1. The van der Waals surface area contributed by atoms with Gasteiger partial charge in [0.05, 0.1) is 13.7 Å². The van der Waals surface area contributed by atoms with Crippen LogP contribution in [-0.2, 0) is 6.54 Å². The van der Waals surface area contributed by atoms with E-state index < -0.39 is 0 Å². The van der Waals surface area contributed by atoms with Crippen LogP contribution < -0.4 is 9.64 Å². The smallest absolute Gasteiger partial charge is 0.138 e. The Labute approximate surface area is 113 Å². The third-order valence-electron chi connectivity index (χ3n) is 2.99. The first-order valence-electron chi connectivity index (χ1n) is 6.11. The molecule has 0 aliphatic rings. The van der Waals surface area contributed by atoms with Crippen molar-refractivity contribution in [1.82, 2.24) is 4.98 Å². The van der Waals surface area contributed by atoms with E-state index in [1.54, 1.807) is 19.2 Å². The first kappa shape index (κ1) is 13.2. The number of benzene rings is 1. The minimum atomic E-state index is 0.228. The SMILES string of the molecule is COc1ccc(N(C)Cc2nc(C)ccc2O)cc1. The molecule has 1 N–H and O–H groups in total. The van der Waals surface area contributed by atoms with Crippen LogP contribution in [0.15, 0.2) is 36.4 Å². The second-order valence-corrected chi connectivity index (χ2v) is 4.47. The number of aromatic hydroxyl groups is 1. The molecule has 0 aliphatic carbocycles. The molecule has 2 aromatic rings. The van der Waals surface area contributed by atoms with Gasteiger partial charge < -0.3 is 14.7 Å². The van der Waals surface area contributed by atoms with Crippen LogP contribution in [0.4, 0.5) is 5.69 Å². The predicted octanol–water partition coefficient (Wildman–Crippen LogP) is 2.74. The predicted molar refractivity (Wildman–Crippen MR) is 75.7 cm³/mol. The highest BCUT2D eigenvalue weighted by Crippen LogP contribution is 2.22. The molecule has 0 fully saturated rings. The molecule has 1 aromatic heterocycles. The van der Waals surface area contributed by atoms with Crippen LogP contribution in [0.25, 0.3) is 0 Å². The zero-order chi connectivity index (χ0) is 13.8. The third-order valence-corrected chi connectivity index (χ3v) is 2.99. The molecule has 4 heteroatoms. The maximum absolute atomic E-state index is 9.80. The van der Waals surface area contributed by atoms with E-state index in [0.717, 1.165) is 17.1 Å². The van der Waals surface area contributed by atoms with E-state index in [9.17, 15) is 5.11 Å². The molecule has 0 saturated carbocycles. The summed E-state index contributed by atoms with van der Waals surface area (Å²) in [6.45, 7) is 2.47. The fourth-order valence-electron chi connectivity index (χ4n) is 1.87. The normalized spacial score (nSPS) is 10.3. The summed E-state index contributed by atoms with van der Waals surface area (Å²) in [6.07, 6.45) is 0. The quantitative estimate of drug-likeness (QED) is 0.916. The average Bonchev–Trinajstić information content (AvgIpc) is 2.43. The number of aromatic nitrogens is 1. The largest absolute Gasteiger partial charge is 0.506 e. The molecule has 0 radical (unpaired) electrons. The van der Waals surface area contributed by atoms with Crippen LogP contribution in [0, 0.1) is 6.92 Å². The minimum absolute atomic E-state index is 0.228. The monoisotopic (exact) mass is 258 g/mol. The Hall–Kier alpha value is -2.23. The summed E-state index contributed by atoms with van der Waals surface area (Å²) in [5.41, 5.74) is 2.62. The van der Waals surface area contributed by atoms with Crippen LogP contribution in [0.5, 0.6) is 11.5 Å². The van der Waals surface area contributed by atoms with Crippen molar-refractivity contribution in [3.05, 3.63) is 47.8 Å². The fraction of sp³-hybridized carbons (Fsp3) is 0.267. The summed E-state index contributed by atoms with van der Waals surface area (Å²) in [6, 6.07) is 11.3. The van der Waals surface area contributed by atoms with Gasteiger partial charge in [0, 0.05) is 18.4 Å². The van der Waals surface area contributed by atoms with E-state index >= 15 is 0 Å². The van der Waals surface area contributed by atoms with Crippen LogP contribution in [0.2, 0.25) is 0 Å². The Morgan fingerprint density at radius 2 is 1.84 bits per heavy atom. The van der Waals surface area contributed by atoms with Crippen LogP contribution >= 0.6 is 0 Å². The van der Waals surface area contributed by atoms with Gasteiger partial charge in [-0.25, -0.2) is 0 Å². The van der Waals surface area contributed by atoms with Gasteiger partial charge in [0.2, 0.25) is 0 Å². The van der Waals surface area contributed by atoms with Crippen LogP contribution in [-0.4, -0.2) is 24.2 Å². The van der Waals surface area contributed by atoms with E-state index in [1.165, 1.54) is 0 Å². The van der Waals surface area contributed by atoms with Crippen LogP contribution in [0.1, 0.15) is 11.4 Å². The van der Waals surface area contributed by atoms with Gasteiger partial charge in [-0.2, -0.15) is 0 Å². The van der Waals surface area contributed by atoms with E-state index in [1.807, 2.05) is 43.1 Å². The molecule has 1 heterocycles. The standard InChI is InChI=1S/C15H18N2O2/c1-11-4-9-15(18)14(16-11)10-17(2)12-5-7-13(19-3)8-6-12/h4-9,18H,10H2,1-3H3. The van der Waals surface area contributed by atoms with Gasteiger partial charge in [0.25, 0.3) is 0 Å². The number of hydrogen-bond donors (Lipinski definition) is 1.